The summed E-state index contributed by atoms with van der Waals surface area (Å²) in [5.41, 5.74) is 1.28. The van der Waals surface area contributed by atoms with Gasteiger partial charge in [-0.2, -0.15) is 0 Å². The zero-order valence-corrected chi connectivity index (χ0v) is 11.1. The van der Waals surface area contributed by atoms with Crippen LogP contribution in [0, 0.1) is 0 Å². The summed E-state index contributed by atoms with van der Waals surface area (Å²) in [4.78, 5) is 0. The highest BCUT2D eigenvalue weighted by Crippen LogP contribution is 2.40. The van der Waals surface area contributed by atoms with Gasteiger partial charge in [-0.05, 0) is 25.3 Å². The molecule has 0 amide bonds. The third kappa shape index (κ3) is 2.22. The van der Waals surface area contributed by atoms with E-state index in [1.165, 1.54) is 18.4 Å². The van der Waals surface area contributed by atoms with Crippen LogP contribution in [0.5, 0.6) is 0 Å². The molecule has 2 aromatic rings. The van der Waals surface area contributed by atoms with E-state index in [4.69, 9.17) is 5.84 Å². The minimum Gasteiger partial charge on any atom is -0.336 e. The molecule has 2 N–H and O–H groups in total. The van der Waals surface area contributed by atoms with Gasteiger partial charge >= 0.3 is 0 Å². The van der Waals surface area contributed by atoms with E-state index in [0.717, 1.165) is 11.0 Å². The van der Waals surface area contributed by atoms with Crippen molar-refractivity contribution in [3.63, 3.8) is 0 Å². The molecule has 0 spiro atoms. The molecular weight excluding hydrogens is 244 g/mol. The van der Waals surface area contributed by atoms with Crippen LogP contribution < -0.4 is 5.84 Å². The van der Waals surface area contributed by atoms with Crippen molar-refractivity contribution in [2.75, 3.05) is 5.84 Å². The van der Waals surface area contributed by atoms with Gasteiger partial charge in [-0.15, -0.1) is 10.2 Å². The van der Waals surface area contributed by atoms with Gasteiger partial charge in [0.1, 0.15) is 0 Å². The Morgan fingerprint density at radius 3 is 2.67 bits per heavy atom. The second kappa shape index (κ2) is 4.65. The number of nitrogen functional groups attached to an aromatic ring is 1. The van der Waals surface area contributed by atoms with Crippen LogP contribution in [0.1, 0.15) is 42.3 Å². The predicted molar refractivity (Wildman–Crippen MR) is 72.9 cm³/mol. The molecule has 1 fully saturated rings. The van der Waals surface area contributed by atoms with E-state index in [2.05, 4.69) is 41.4 Å². The molecule has 1 aliphatic rings. The number of aromatic nitrogens is 3. The smallest absolute Gasteiger partial charge is 0.210 e. The highest BCUT2D eigenvalue weighted by atomic mass is 32.2. The molecule has 1 aromatic carbocycles. The van der Waals surface area contributed by atoms with E-state index in [-0.39, 0.29) is 0 Å². The number of rotatable bonds is 4. The van der Waals surface area contributed by atoms with Gasteiger partial charge in [-0.3, -0.25) is 0 Å². The lowest BCUT2D eigenvalue weighted by Crippen LogP contribution is -2.13. The normalized spacial score (nSPS) is 16.7. The van der Waals surface area contributed by atoms with Gasteiger partial charge in [0.15, 0.2) is 5.82 Å². The van der Waals surface area contributed by atoms with Crippen molar-refractivity contribution < 1.29 is 0 Å². The molecule has 0 aliphatic heterocycles. The van der Waals surface area contributed by atoms with Gasteiger partial charge in [0.25, 0.3) is 0 Å². The second-order valence-electron chi connectivity index (χ2n) is 4.66. The number of hydrogen-bond donors (Lipinski definition) is 1. The highest BCUT2D eigenvalue weighted by Gasteiger charge is 2.30. The van der Waals surface area contributed by atoms with E-state index >= 15 is 0 Å². The molecule has 0 bridgehead atoms. The zero-order valence-electron chi connectivity index (χ0n) is 10.3. The first-order valence-electron chi connectivity index (χ1n) is 6.17. The first-order valence-corrected chi connectivity index (χ1v) is 7.05. The van der Waals surface area contributed by atoms with Crippen LogP contribution in [0.25, 0.3) is 0 Å². The maximum atomic E-state index is 6.04. The molecule has 5 heteroatoms. The summed E-state index contributed by atoms with van der Waals surface area (Å²) in [5, 5.41) is 9.51. The lowest BCUT2D eigenvalue weighted by atomic mass is 10.2. The van der Waals surface area contributed by atoms with E-state index in [9.17, 15) is 0 Å². The van der Waals surface area contributed by atoms with Crippen molar-refractivity contribution in [2.24, 2.45) is 0 Å². The highest BCUT2D eigenvalue weighted by molar-refractivity contribution is 7.99. The first-order chi connectivity index (χ1) is 8.75. The minimum atomic E-state index is 0.324. The molecule has 3 rings (SSSR count). The average Bonchev–Trinajstić information content (AvgIpc) is 3.17. The Bertz CT molecular complexity index is 533. The fourth-order valence-electron chi connectivity index (χ4n) is 1.94. The second-order valence-corrected chi connectivity index (χ2v) is 5.96. The van der Waals surface area contributed by atoms with E-state index in [1.807, 2.05) is 6.07 Å². The molecule has 0 unspecified atom stereocenters. The molecule has 18 heavy (non-hydrogen) atoms. The van der Waals surface area contributed by atoms with Crippen LogP contribution >= 0.6 is 11.8 Å². The van der Waals surface area contributed by atoms with E-state index in [1.54, 1.807) is 16.4 Å². The molecule has 0 radical (unpaired) electrons. The summed E-state index contributed by atoms with van der Waals surface area (Å²) >= 11 is 1.65. The molecule has 1 atom stereocenters. The van der Waals surface area contributed by atoms with Gasteiger partial charge in [0.05, 0.1) is 0 Å². The molecule has 1 aromatic heterocycles. The molecule has 0 saturated heterocycles. The number of nitrogens with two attached hydrogens (primary N) is 1. The molecule has 1 saturated carbocycles. The van der Waals surface area contributed by atoms with Crippen LogP contribution in [0.15, 0.2) is 35.5 Å². The Hall–Kier alpha value is -1.49. The summed E-state index contributed by atoms with van der Waals surface area (Å²) in [6.07, 6.45) is 2.38. The van der Waals surface area contributed by atoms with Gasteiger partial charge in [-0.25, -0.2) is 4.68 Å². The summed E-state index contributed by atoms with van der Waals surface area (Å²) in [5.74, 6) is 7.50. The fourth-order valence-corrected chi connectivity index (χ4v) is 2.84. The van der Waals surface area contributed by atoms with Crippen molar-refractivity contribution in [3.05, 3.63) is 41.7 Å². The van der Waals surface area contributed by atoms with Crippen LogP contribution in [0.2, 0.25) is 0 Å². The molecule has 94 valence electrons. The Morgan fingerprint density at radius 1 is 1.28 bits per heavy atom. The van der Waals surface area contributed by atoms with Gasteiger partial charge in [0.2, 0.25) is 5.16 Å². The van der Waals surface area contributed by atoms with Crippen LogP contribution in [-0.2, 0) is 0 Å². The average molecular weight is 260 g/mol. The van der Waals surface area contributed by atoms with Crippen molar-refractivity contribution in [2.45, 2.75) is 36.1 Å². The maximum absolute atomic E-state index is 6.04. The number of benzene rings is 1. The summed E-state index contributed by atoms with van der Waals surface area (Å²) < 4.78 is 1.65. The summed E-state index contributed by atoms with van der Waals surface area (Å²) in [7, 11) is 0. The number of thioether (sulfide) groups is 1. The topological polar surface area (TPSA) is 56.7 Å². The first kappa shape index (κ1) is 11.6. The summed E-state index contributed by atoms with van der Waals surface area (Å²) in [6, 6.07) is 10.4. The van der Waals surface area contributed by atoms with Crippen LogP contribution in [0.4, 0.5) is 0 Å². The molecule has 4 nitrogen and oxygen atoms in total. The van der Waals surface area contributed by atoms with Gasteiger partial charge < -0.3 is 5.84 Å². The van der Waals surface area contributed by atoms with E-state index < -0.39 is 0 Å². The third-order valence-corrected chi connectivity index (χ3v) is 4.30. The maximum Gasteiger partial charge on any atom is 0.210 e. The van der Waals surface area contributed by atoms with Crippen molar-refractivity contribution in [1.29, 1.82) is 0 Å². The Labute approximate surface area is 111 Å². The van der Waals surface area contributed by atoms with E-state index in [0.29, 0.717) is 11.2 Å². The Balaban J connectivity index is 1.76. The Morgan fingerprint density at radius 2 is 2.00 bits per heavy atom. The molecule has 1 aliphatic carbocycles. The minimum absolute atomic E-state index is 0.324. The molecular formula is C13H16N4S. The standard InChI is InChI=1S/C13H16N4S/c1-9(10-5-3-2-4-6-10)18-13-16-15-12(17(13)14)11-7-8-11/h2-6,9,11H,7-8,14H2,1H3/t9-/m0/s1. The van der Waals surface area contributed by atoms with Crippen LogP contribution in [-0.4, -0.2) is 14.9 Å². The number of nitrogens with zero attached hydrogens (tertiary/aromatic N) is 3. The fraction of sp³-hybridized carbons (Fsp3) is 0.385. The molecule has 1 heterocycles. The SMILES string of the molecule is C[C@H](Sc1nnc(C2CC2)n1N)c1ccccc1. The van der Waals surface area contributed by atoms with Crippen molar-refractivity contribution in [1.82, 2.24) is 14.9 Å². The Kier molecular flexibility index (Phi) is 2.99. The quantitative estimate of drug-likeness (QED) is 0.678. The summed E-state index contributed by atoms with van der Waals surface area (Å²) in [6.45, 7) is 2.16. The predicted octanol–water partition coefficient (Wildman–Crippen LogP) is 2.72. The van der Waals surface area contributed by atoms with Gasteiger partial charge in [0, 0.05) is 11.2 Å². The van der Waals surface area contributed by atoms with Crippen molar-refractivity contribution in [3.8, 4) is 0 Å². The lowest BCUT2D eigenvalue weighted by molar-refractivity contribution is 0.787. The van der Waals surface area contributed by atoms with Crippen LogP contribution in [0.3, 0.4) is 0 Å². The third-order valence-electron chi connectivity index (χ3n) is 3.18. The monoisotopic (exact) mass is 260 g/mol. The van der Waals surface area contributed by atoms with Gasteiger partial charge in [-0.1, -0.05) is 42.1 Å². The lowest BCUT2D eigenvalue weighted by Gasteiger charge is -2.10. The van der Waals surface area contributed by atoms with Crippen molar-refractivity contribution >= 4 is 11.8 Å². The largest absolute Gasteiger partial charge is 0.336 e. The number of hydrogen-bond acceptors (Lipinski definition) is 4. The zero-order chi connectivity index (χ0) is 12.5.